The molecule has 52 heavy (non-hydrogen) atoms. The van der Waals surface area contributed by atoms with E-state index in [4.69, 9.17) is 18.9 Å². The summed E-state index contributed by atoms with van der Waals surface area (Å²) in [5.41, 5.74) is 1.09. The molecule has 4 rings (SSSR count). The monoisotopic (exact) mass is 783 g/mol. The van der Waals surface area contributed by atoms with E-state index in [1.54, 1.807) is 24.3 Å². The van der Waals surface area contributed by atoms with Crippen LogP contribution in [0, 0.1) is 0 Å². The number of unbranched alkanes of at least 4 members (excludes halogenated alkanes) is 1. The second-order valence-electron chi connectivity index (χ2n) is 13.0. The first-order valence-electron chi connectivity index (χ1n) is 17.1. The number of rotatable bonds is 19. The molecule has 3 fully saturated rings. The molecule has 3 heterocycles. The quantitative estimate of drug-likeness (QED) is 0.0213. The molecule has 3 aliphatic heterocycles. The zero-order chi connectivity index (χ0) is 37.9. The number of isocyanates is 1. The van der Waals surface area contributed by atoms with Crippen LogP contribution < -0.4 is 5.32 Å². The van der Waals surface area contributed by atoms with Gasteiger partial charge in [-0.15, -0.1) is 4.58 Å². The van der Waals surface area contributed by atoms with Gasteiger partial charge >= 0.3 is 6.08 Å². The molecule has 296 valence electrons. The third-order valence-electron chi connectivity index (χ3n) is 9.18. The fourth-order valence-electron chi connectivity index (χ4n) is 5.89. The molecule has 0 amide bonds. The Morgan fingerprint density at radius 3 is 2.17 bits per heavy atom. The lowest BCUT2D eigenvalue weighted by molar-refractivity contribution is -0.438. The van der Waals surface area contributed by atoms with Crippen molar-refractivity contribution in [1.82, 2.24) is 0 Å². The van der Waals surface area contributed by atoms with Gasteiger partial charge in [-0.2, -0.15) is 4.79 Å². The van der Waals surface area contributed by atoms with E-state index in [1.165, 1.54) is 16.7 Å². The van der Waals surface area contributed by atoms with Crippen molar-refractivity contribution in [3.8, 4) is 0 Å². The van der Waals surface area contributed by atoms with Gasteiger partial charge in [0.2, 0.25) is 5.69 Å². The molecule has 18 nitrogen and oxygen atoms in total. The van der Waals surface area contributed by atoms with Crippen molar-refractivity contribution in [3.05, 3.63) is 24.3 Å². The van der Waals surface area contributed by atoms with E-state index in [0.717, 1.165) is 19.3 Å². The van der Waals surface area contributed by atoms with Crippen LogP contribution in [-0.4, -0.2) is 197 Å². The standard InChI is InChI=1S/C32H51N2O16S2/c35-12-21-25(41)27(43)29(45)32(49-21)48-14-22-26(42)28(44)30(46)31(50-22)47-13-20(38)24(40)23(39)19(37)11-33-16-4-3-5-17(10-16)34(15-36)8-2-1-6-18-7-9-51-52-18/h3-5,10,18-33,35,37-46H,1-2,6-9,11-14H2/q+1. The van der Waals surface area contributed by atoms with Gasteiger partial charge in [-0.1, -0.05) is 27.7 Å². The molecule has 1 aromatic carbocycles. The van der Waals surface area contributed by atoms with E-state index >= 15 is 0 Å². The normalized spacial score (nSPS) is 34.6. The van der Waals surface area contributed by atoms with Gasteiger partial charge in [-0.25, -0.2) is 0 Å². The minimum absolute atomic E-state index is 0.262. The minimum Gasteiger partial charge on any atom is -0.394 e. The molecule has 0 aliphatic carbocycles. The van der Waals surface area contributed by atoms with Gasteiger partial charge in [-0.3, -0.25) is 0 Å². The van der Waals surface area contributed by atoms with Crippen molar-refractivity contribution in [3.63, 3.8) is 0 Å². The Balaban J connectivity index is 1.22. The maximum atomic E-state index is 11.7. The lowest BCUT2D eigenvalue weighted by atomic mass is 9.98. The molecule has 0 bridgehead atoms. The number of nitrogens with one attached hydrogen (secondary N) is 1. The van der Waals surface area contributed by atoms with E-state index in [2.05, 4.69) is 5.32 Å². The molecule has 0 radical (unpaired) electrons. The van der Waals surface area contributed by atoms with Gasteiger partial charge in [0.05, 0.1) is 25.9 Å². The number of hydrogen-bond acceptors (Lipinski definition) is 19. The molecule has 3 aliphatic rings. The molecule has 1 aromatic rings. The van der Waals surface area contributed by atoms with Crippen LogP contribution in [0.2, 0.25) is 0 Å². The van der Waals surface area contributed by atoms with Crippen LogP contribution in [0.15, 0.2) is 24.3 Å². The number of nitrogens with zero attached hydrogens (tertiary/aromatic N) is 1. The third kappa shape index (κ3) is 11.5. The predicted octanol–water partition coefficient (Wildman–Crippen LogP) is -3.51. The summed E-state index contributed by atoms with van der Waals surface area (Å²) in [6.07, 6.45) is -17.8. The number of ether oxygens (including phenoxy) is 4. The van der Waals surface area contributed by atoms with Gasteiger partial charge < -0.3 is 80.4 Å². The van der Waals surface area contributed by atoms with Crippen LogP contribution in [0.25, 0.3) is 0 Å². The number of hydrogen-bond donors (Lipinski definition) is 12. The third-order valence-corrected chi connectivity index (χ3v) is 12.2. The molecule has 20 heteroatoms. The summed E-state index contributed by atoms with van der Waals surface area (Å²) in [4.78, 5) is 11.7. The molecule has 15 atom stereocenters. The number of anilines is 1. The summed E-state index contributed by atoms with van der Waals surface area (Å²) in [7, 11) is 3.81. The van der Waals surface area contributed by atoms with E-state index in [-0.39, 0.29) is 6.54 Å². The topological polar surface area (TPSA) is 292 Å². The molecule has 0 aromatic heterocycles. The highest BCUT2D eigenvalue weighted by Crippen LogP contribution is 2.40. The van der Waals surface area contributed by atoms with Crippen LogP contribution in [-0.2, 0) is 23.7 Å². The van der Waals surface area contributed by atoms with Gasteiger partial charge in [-0.05, 0) is 25.3 Å². The van der Waals surface area contributed by atoms with Crippen molar-refractivity contribution in [1.29, 1.82) is 0 Å². The Bertz CT molecular complexity index is 1280. The van der Waals surface area contributed by atoms with Crippen LogP contribution in [0.5, 0.6) is 0 Å². The smallest absolute Gasteiger partial charge is 0.394 e. The summed E-state index contributed by atoms with van der Waals surface area (Å²) in [5.74, 6) is 1.17. The predicted molar refractivity (Wildman–Crippen MR) is 184 cm³/mol. The lowest BCUT2D eigenvalue weighted by Crippen LogP contribution is -2.62. The zero-order valence-electron chi connectivity index (χ0n) is 28.3. The van der Waals surface area contributed by atoms with Crippen molar-refractivity contribution in [2.75, 3.05) is 44.0 Å². The Morgan fingerprint density at radius 1 is 0.865 bits per heavy atom. The summed E-state index contributed by atoms with van der Waals surface area (Å²) < 4.78 is 22.9. The van der Waals surface area contributed by atoms with Crippen LogP contribution in [0.3, 0.4) is 0 Å². The fraction of sp³-hybridized carbons (Fsp3) is 0.781. The summed E-state index contributed by atoms with van der Waals surface area (Å²) in [5, 5.41) is 116. The highest BCUT2D eigenvalue weighted by Gasteiger charge is 2.48. The molecule has 0 saturated carbocycles. The van der Waals surface area contributed by atoms with Gasteiger partial charge in [0.1, 0.15) is 67.1 Å². The molecule has 0 spiro atoms. The first-order chi connectivity index (χ1) is 24.9. The van der Waals surface area contributed by atoms with E-state index in [9.17, 15) is 61.0 Å². The highest BCUT2D eigenvalue weighted by atomic mass is 33.1. The largest absolute Gasteiger partial charge is 0.430 e. The summed E-state index contributed by atoms with van der Waals surface area (Å²) >= 11 is 0. The van der Waals surface area contributed by atoms with Crippen molar-refractivity contribution >= 4 is 39.0 Å². The molecular weight excluding hydrogens is 732 g/mol. The van der Waals surface area contributed by atoms with Crippen molar-refractivity contribution < 1.29 is 84.5 Å². The summed E-state index contributed by atoms with van der Waals surface area (Å²) in [6.45, 7) is -1.87. The van der Waals surface area contributed by atoms with Gasteiger partial charge in [0, 0.05) is 41.8 Å². The van der Waals surface area contributed by atoms with Gasteiger partial charge in [0.25, 0.3) is 0 Å². The second kappa shape index (κ2) is 21.0. The van der Waals surface area contributed by atoms with E-state index in [0.29, 0.717) is 23.2 Å². The molecule has 3 saturated heterocycles. The number of carbonyl (C=O) groups excluding carboxylic acids is 1. The van der Waals surface area contributed by atoms with Crippen molar-refractivity contribution in [2.24, 2.45) is 0 Å². The second-order valence-corrected chi connectivity index (χ2v) is 15.8. The van der Waals surface area contributed by atoms with Crippen LogP contribution >= 0.6 is 21.6 Å². The fourth-order valence-corrected chi connectivity index (χ4v) is 8.92. The van der Waals surface area contributed by atoms with Crippen molar-refractivity contribution in [2.45, 2.75) is 117 Å². The van der Waals surface area contributed by atoms with Crippen LogP contribution in [0.1, 0.15) is 25.7 Å². The number of benzene rings is 1. The zero-order valence-corrected chi connectivity index (χ0v) is 29.9. The van der Waals surface area contributed by atoms with Crippen LogP contribution in [0.4, 0.5) is 11.4 Å². The SMILES string of the molecule is O=C=[N+](CCCCC1CCSS1)c1cccc(NCC(O)C(O)C(O)C(O)COC2OC(COC3OC(CO)C(O)C(O)C3O)C(O)C(O)C2O)c1. The number of aliphatic hydroxyl groups excluding tert-OH is 11. The highest BCUT2D eigenvalue weighted by molar-refractivity contribution is 8.77. The lowest BCUT2D eigenvalue weighted by Gasteiger charge is -2.42. The average Bonchev–Trinajstić information content (AvgIpc) is 3.68. The molecule has 15 unspecified atom stereocenters. The minimum atomic E-state index is -1.95. The first-order valence-corrected chi connectivity index (χ1v) is 19.5. The first kappa shape index (κ1) is 43.2. The maximum Gasteiger partial charge on any atom is 0.430 e. The average molecular weight is 784 g/mol. The molecular formula is C32H51N2O16S2+. The Hall–Kier alpha value is -1.50. The Morgan fingerprint density at radius 2 is 1.52 bits per heavy atom. The molecule has 12 N–H and O–H groups in total. The van der Waals surface area contributed by atoms with Gasteiger partial charge in [0.15, 0.2) is 19.1 Å². The maximum absolute atomic E-state index is 11.7. The number of aliphatic hydroxyl groups is 11. The summed E-state index contributed by atoms with van der Waals surface area (Å²) in [6, 6.07) is 6.81. The van der Waals surface area contributed by atoms with E-state index < -0.39 is 106 Å². The van der Waals surface area contributed by atoms with E-state index in [1.807, 2.05) is 27.7 Å². The Labute approximate surface area is 308 Å². The Kier molecular flexibility index (Phi) is 17.4.